The topological polar surface area (TPSA) is 126 Å². The minimum absolute atomic E-state index is 0.0335. The Morgan fingerprint density at radius 1 is 0.489 bits per heavy atom. The van der Waals surface area contributed by atoms with Crippen molar-refractivity contribution < 1.29 is 29.2 Å². The number of hydrogen-bond donors (Lipinski definition) is 0. The van der Waals surface area contributed by atoms with Crippen LogP contribution in [0, 0.1) is 32.5 Å². The number of carbonyl (C=O) groups excluding carboxylic acids is 3. The number of rotatable bonds is 9. The van der Waals surface area contributed by atoms with Crippen LogP contribution in [0.1, 0.15) is 120 Å². The van der Waals surface area contributed by atoms with Gasteiger partial charge in [-0.3, -0.25) is 0 Å². The van der Waals surface area contributed by atoms with Gasteiger partial charge in [-0.25, -0.2) is 29.4 Å². The molecule has 4 fully saturated rings. The third-order valence-electron chi connectivity index (χ3n) is 10.1. The van der Waals surface area contributed by atoms with Crippen LogP contribution in [0.4, 0.5) is 0 Å². The van der Waals surface area contributed by atoms with Gasteiger partial charge in [0.15, 0.2) is 0 Å². The van der Waals surface area contributed by atoms with Gasteiger partial charge in [-0.2, -0.15) is 14.8 Å². The average Bonchev–Trinajstić information content (AvgIpc) is 2.79. The van der Waals surface area contributed by atoms with Crippen LogP contribution in [0.25, 0.3) is 0 Å². The fourth-order valence-electron chi connectivity index (χ4n) is 10.1. The number of hydrogen-bond acceptors (Lipinski definition) is 12. The highest BCUT2D eigenvalue weighted by molar-refractivity contribution is 5.34. The van der Waals surface area contributed by atoms with Gasteiger partial charge in [0.05, 0.1) is 37.8 Å². The zero-order valence-corrected chi connectivity index (χ0v) is 28.9. The summed E-state index contributed by atoms with van der Waals surface area (Å²) in [6.45, 7) is 21.0. The molecular weight excluding hydrogens is 576 g/mol. The maximum Gasteiger partial charge on any atom is 0.235 e. The summed E-state index contributed by atoms with van der Waals surface area (Å²) in [6.07, 6.45) is 12.5. The van der Waals surface area contributed by atoms with Crippen LogP contribution in [0.2, 0.25) is 0 Å². The first kappa shape index (κ1) is 35.7. The van der Waals surface area contributed by atoms with Crippen molar-refractivity contribution in [1.29, 1.82) is 0 Å². The second-order valence-electron chi connectivity index (χ2n) is 18.0. The molecule has 0 N–H and O–H groups in total. The van der Waals surface area contributed by atoms with E-state index < -0.39 is 0 Å². The summed E-state index contributed by atoms with van der Waals surface area (Å²) < 4.78 is 0. The maximum absolute atomic E-state index is 11.2. The maximum atomic E-state index is 11.2. The Balaban J connectivity index is 1.59. The van der Waals surface area contributed by atoms with Gasteiger partial charge in [0.25, 0.3) is 0 Å². The lowest BCUT2D eigenvalue weighted by Crippen LogP contribution is -2.58. The van der Waals surface area contributed by atoms with Gasteiger partial charge in [0.2, 0.25) is 18.2 Å². The van der Waals surface area contributed by atoms with Crippen LogP contribution in [0.3, 0.4) is 0 Å². The predicted molar refractivity (Wildman–Crippen MR) is 166 cm³/mol. The molecule has 1 aliphatic heterocycles. The Bertz CT molecular complexity index is 1070. The lowest BCUT2D eigenvalue weighted by atomic mass is 9.63. The van der Waals surface area contributed by atoms with Crippen molar-refractivity contribution in [2.45, 2.75) is 138 Å². The minimum atomic E-state index is -0.275. The highest BCUT2D eigenvalue weighted by Gasteiger charge is 2.49. The van der Waals surface area contributed by atoms with Crippen LogP contribution >= 0.6 is 0 Å². The van der Waals surface area contributed by atoms with Gasteiger partial charge in [-0.05, 0) is 106 Å². The molecular formula is C33H54N6O6. The van der Waals surface area contributed by atoms with E-state index in [4.69, 9.17) is 14.8 Å². The van der Waals surface area contributed by atoms with Gasteiger partial charge < -0.3 is 0 Å². The molecule has 0 aromatic rings. The molecule has 12 nitrogen and oxygen atoms in total. The SMILES string of the molecule is CC1(C)CC(N=C=O)CC(C)(CN2ON(CC3(C)CC(N=C=O)CC(C)(C)C3)ON(CC3(C)CC(N=C=O)CC(C)(C)C3)O2)C1. The van der Waals surface area contributed by atoms with Gasteiger partial charge in [-0.1, -0.05) is 62.3 Å². The van der Waals surface area contributed by atoms with Crippen molar-refractivity contribution in [3.05, 3.63) is 0 Å². The highest BCUT2D eigenvalue weighted by atomic mass is 17.3. The van der Waals surface area contributed by atoms with Gasteiger partial charge >= 0.3 is 0 Å². The standard InChI is InChI=1S/C33H54N6O6/c1-28(2)10-25(34-22-40)13-31(7,16-28)19-37-43-38(20-32(8)14-26(35-23-41)11-29(3,4)17-32)45-39(44-37)21-33(9)15-27(36-24-42)12-30(5,6)18-33/h25-27H,10-21H2,1-9H3. The van der Waals surface area contributed by atoms with Crippen molar-refractivity contribution in [2.24, 2.45) is 47.5 Å². The first-order chi connectivity index (χ1) is 20.8. The Labute approximate surface area is 268 Å². The molecule has 4 aliphatic rings. The molecule has 12 heteroatoms. The fourth-order valence-corrected chi connectivity index (χ4v) is 10.1. The average molecular weight is 631 g/mol. The van der Waals surface area contributed by atoms with Gasteiger partial charge in [0.1, 0.15) is 0 Å². The molecule has 0 amide bonds. The third-order valence-corrected chi connectivity index (χ3v) is 10.1. The normalized spacial score (nSPS) is 38.7. The Hall–Kier alpha value is -2.10. The molecule has 0 spiro atoms. The van der Waals surface area contributed by atoms with E-state index in [1.54, 1.807) is 18.2 Å². The van der Waals surface area contributed by atoms with Gasteiger partial charge in [-0.15, -0.1) is 0 Å². The Morgan fingerprint density at radius 3 is 0.956 bits per heavy atom. The Kier molecular flexibility index (Phi) is 10.5. The van der Waals surface area contributed by atoms with E-state index in [9.17, 15) is 14.4 Å². The second kappa shape index (κ2) is 13.2. The Morgan fingerprint density at radius 2 is 0.733 bits per heavy atom. The molecule has 1 saturated heterocycles. The van der Waals surface area contributed by atoms with Crippen molar-refractivity contribution >= 4 is 18.2 Å². The number of isocyanates is 3. The van der Waals surface area contributed by atoms with E-state index in [2.05, 4.69) is 77.3 Å². The predicted octanol–water partition coefficient (Wildman–Crippen LogP) is 6.21. The molecule has 0 aromatic carbocycles. The summed E-state index contributed by atoms with van der Waals surface area (Å²) in [5.74, 6) is 0. The summed E-state index contributed by atoms with van der Waals surface area (Å²) in [7, 11) is 0. The minimum Gasteiger partial charge on any atom is -0.211 e. The van der Waals surface area contributed by atoms with Crippen LogP contribution in [-0.4, -0.2) is 71.7 Å². The van der Waals surface area contributed by atoms with E-state index in [0.717, 1.165) is 38.5 Å². The number of nitrogens with zero attached hydrogens (tertiary/aromatic N) is 6. The molecule has 4 rings (SSSR count). The monoisotopic (exact) mass is 630 g/mol. The van der Waals surface area contributed by atoms with Crippen molar-refractivity contribution in [1.82, 2.24) is 15.7 Å². The van der Waals surface area contributed by atoms with E-state index in [-0.39, 0.29) is 50.6 Å². The zero-order chi connectivity index (χ0) is 33.3. The smallest absolute Gasteiger partial charge is 0.211 e. The molecule has 0 bridgehead atoms. The molecule has 0 radical (unpaired) electrons. The van der Waals surface area contributed by atoms with Crippen molar-refractivity contribution in [3.63, 3.8) is 0 Å². The van der Waals surface area contributed by atoms with E-state index >= 15 is 0 Å². The molecule has 0 aromatic heterocycles. The lowest BCUT2D eigenvalue weighted by molar-refractivity contribution is -0.714. The summed E-state index contributed by atoms with van der Waals surface area (Å²) in [5.41, 5.74) is -0.927. The molecule has 1 heterocycles. The van der Waals surface area contributed by atoms with Crippen LogP contribution in [-0.2, 0) is 29.2 Å². The van der Waals surface area contributed by atoms with Crippen molar-refractivity contribution in [3.8, 4) is 0 Å². The zero-order valence-electron chi connectivity index (χ0n) is 28.9. The second-order valence-corrected chi connectivity index (χ2v) is 18.0. The van der Waals surface area contributed by atoms with E-state index in [0.29, 0.717) is 38.9 Å². The summed E-state index contributed by atoms with van der Waals surface area (Å²) in [5, 5.41) is 4.47. The molecule has 3 aliphatic carbocycles. The molecule has 6 atom stereocenters. The molecule has 3 saturated carbocycles. The molecule has 6 unspecified atom stereocenters. The molecule has 45 heavy (non-hydrogen) atoms. The molecule has 252 valence electrons. The lowest BCUT2D eigenvalue weighted by Gasteiger charge is -2.51. The first-order valence-electron chi connectivity index (χ1n) is 16.4. The van der Waals surface area contributed by atoms with E-state index in [1.165, 1.54) is 15.7 Å². The highest BCUT2D eigenvalue weighted by Crippen LogP contribution is 2.51. The third kappa shape index (κ3) is 9.94. The van der Waals surface area contributed by atoms with Crippen molar-refractivity contribution in [2.75, 3.05) is 19.6 Å². The van der Waals surface area contributed by atoms with Crippen LogP contribution in [0.5, 0.6) is 0 Å². The summed E-state index contributed by atoms with van der Waals surface area (Å²) in [6, 6.07) is -0.370. The summed E-state index contributed by atoms with van der Waals surface area (Å²) >= 11 is 0. The largest absolute Gasteiger partial charge is 0.235 e. The van der Waals surface area contributed by atoms with Crippen LogP contribution in [0.15, 0.2) is 15.0 Å². The van der Waals surface area contributed by atoms with E-state index in [1.807, 2.05) is 0 Å². The number of hydroxylamine groups is 6. The summed E-state index contributed by atoms with van der Waals surface area (Å²) in [4.78, 5) is 64.8. The number of aliphatic imine (C=N–C) groups is 3. The quantitative estimate of drug-likeness (QED) is 0.216. The van der Waals surface area contributed by atoms with Gasteiger partial charge in [0, 0.05) is 0 Å². The fraction of sp³-hybridized carbons (Fsp3) is 0.909. The van der Waals surface area contributed by atoms with Crippen LogP contribution < -0.4 is 0 Å². The first-order valence-corrected chi connectivity index (χ1v) is 16.4.